The van der Waals surface area contributed by atoms with Gasteiger partial charge < -0.3 is 15.9 Å². The lowest BCUT2D eigenvalue weighted by Crippen LogP contribution is -2.50. The van der Waals surface area contributed by atoms with E-state index in [0.29, 0.717) is 17.8 Å². The van der Waals surface area contributed by atoms with E-state index < -0.39 is 0 Å². The first kappa shape index (κ1) is 22.0. The van der Waals surface area contributed by atoms with E-state index >= 15 is 0 Å². The molecule has 0 aliphatic heterocycles. The number of aliphatic hydroxyl groups is 2. The van der Waals surface area contributed by atoms with Crippen LogP contribution in [0.3, 0.4) is 0 Å². The Hall–Kier alpha value is -0.680. The van der Waals surface area contributed by atoms with Crippen molar-refractivity contribution in [3.8, 4) is 0 Å². The Labute approximate surface area is 175 Å². The summed E-state index contributed by atoms with van der Waals surface area (Å²) in [4.78, 5) is 1.40. The molecule has 28 heavy (non-hydrogen) atoms. The van der Waals surface area contributed by atoms with E-state index in [2.05, 4.69) is 37.4 Å². The maximum atomic E-state index is 10.1. The van der Waals surface area contributed by atoms with Crippen molar-refractivity contribution in [2.75, 3.05) is 13.2 Å². The summed E-state index contributed by atoms with van der Waals surface area (Å²) < 4.78 is 0. The van der Waals surface area contributed by atoms with Crippen LogP contribution < -0.4 is 5.73 Å². The average molecular weight is 406 g/mol. The number of nitrogens with two attached hydrogens (primary N) is 1. The molecule has 2 aliphatic carbocycles. The molecule has 6 atom stereocenters. The highest BCUT2D eigenvalue weighted by atomic mass is 32.1. The van der Waals surface area contributed by atoms with Gasteiger partial charge in [0.15, 0.2) is 0 Å². The summed E-state index contributed by atoms with van der Waals surface area (Å²) in [6, 6.07) is 4.36. The fourth-order valence-corrected chi connectivity index (χ4v) is 7.01. The van der Waals surface area contributed by atoms with Gasteiger partial charge in [-0.2, -0.15) is 0 Å². The molecule has 1 aromatic heterocycles. The predicted octanol–water partition coefficient (Wildman–Crippen LogP) is 5.08. The Kier molecular flexibility index (Phi) is 7.77. The predicted molar refractivity (Wildman–Crippen MR) is 119 cm³/mol. The standard InChI is InChI=1S/C24H39NO2S/c1-3-17(23-8-5-13-28-23)9-10-18-6-4-7-22(21(18)15-25)24(2)12-11-20(27)14-19(24)16-26/h5,8-9,13,18-22,26-27H,3-4,6-7,10-12,14-16,25H2,1-2H3/b17-9+/t18-,19+,20-,21-,22-,24-/m0/s1. The van der Waals surface area contributed by atoms with Crippen LogP contribution in [0.4, 0.5) is 0 Å². The molecular formula is C24H39NO2S. The van der Waals surface area contributed by atoms with Crippen molar-refractivity contribution in [1.82, 2.24) is 0 Å². The van der Waals surface area contributed by atoms with Crippen molar-refractivity contribution >= 4 is 16.9 Å². The van der Waals surface area contributed by atoms with Gasteiger partial charge in [-0.1, -0.05) is 32.4 Å². The number of aliphatic hydroxyl groups excluding tert-OH is 2. The number of hydrogen-bond acceptors (Lipinski definition) is 4. The highest BCUT2D eigenvalue weighted by Gasteiger charge is 2.49. The van der Waals surface area contributed by atoms with E-state index in [-0.39, 0.29) is 24.0 Å². The first-order valence-corrected chi connectivity index (χ1v) is 12.1. The third kappa shape index (κ3) is 4.56. The molecule has 0 aromatic carbocycles. The fourth-order valence-electron chi connectivity index (χ4n) is 6.17. The molecule has 2 saturated carbocycles. The van der Waals surface area contributed by atoms with Crippen LogP contribution >= 0.6 is 11.3 Å². The monoisotopic (exact) mass is 405 g/mol. The second kappa shape index (κ2) is 9.88. The van der Waals surface area contributed by atoms with Crippen LogP contribution in [-0.4, -0.2) is 29.5 Å². The highest BCUT2D eigenvalue weighted by molar-refractivity contribution is 7.11. The summed E-state index contributed by atoms with van der Waals surface area (Å²) in [5.74, 6) is 1.90. The molecule has 4 N–H and O–H groups in total. The van der Waals surface area contributed by atoms with Gasteiger partial charge in [0, 0.05) is 11.5 Å². The van der Waals surface area contributed by atoms with Crippen molar-refractivity contribution in [1.29, 1.82) is 0 Å². The molecular weight excluding hydrogens is 366 g/mol. The van der Waals surface area contributed by atoms with Crippen LogP contribution in [0.15, 0.2) is 23.6 Å². The molecule has 0 bridgehead atoms. The van der Waals surface area contributed by atoms with E-state index in [1.165, 1.54) is 29.7 Å². The minimum absolute atomic E-state index is 0.0989. The van der Waals surface area contributed by atoms with Crippen molar-refractivity contribution in [3.05, 3.63) is 28.5 Å². The Bertz CT molecular complexity index is 629. The molecule has 3 nitrogen and oxygen atoms in total. The molecule has 2 fully saturated rings. The minimum Gasteiger partial charge on any atom is -0.396 e. The maximum Gasteiger partial charge on any atom is 0.0544 e. The number of hydrogen-bond donors (Lipinski definition) is 3. The van der Waals surface area contributed by atoms with Crippen LogP contribution in [0.25, 0.3) is 5.57 Å². The lowest BCUT2D eigenvalue weighted by molar-refractivity contribution is -0.0766. The third-order valence-electron chi connectivity index (χ3n) is 7.94. The molecule has 3 rings (SSSR count). The van der Waals surface area contributed by atoms with Gasteiger partial charge >= 0.3 is 0 Å². The van der Waals surface area contributed by atoms with E-state index in [0.717, 1.165) is 38.6 Å². The lowest BCUT2D eigenvalue weighted by Gasteiger charge is -2.53. The Morgan fingerprint density at radius 2 is 2.18 bits per heavy atom. The molecule has 0 radical (unpaired) electrons. The summed E-state index contributed by atoms with van der Waals surface area (Å²) in [7, 11) is 0. The molecule has 0 spiro atoms. The van der Waals surface area contributed by atoms with Gasteiger partial charge in [-0.15, -0.1) is 11.3 Å². The number of thiophene rings is 1. The third-order valence-corrected chi connectivity index (χ3v) is 8.89. The molecule has 0 unspecified atom stereocenters. The van der Waals surface area contributed by atoms with Crippen LogP contribution in [-0.2, 0) is 0 Å². The Balaban J connectivity index is 1.77. The zero-order chi connectivity index (χ0) is 20.1. The maximum absolute atomic E-state index is 10.1. The SMILES string of the molecule is CC/C(=C\C[C@@H]1CCC[C@H]([C@@]2(C)CC[C@H](O)C[C@@H]2CO)[C@H]1CN)c1cccs1. The molecule has 4 heteroatoms. The zero-order valence-corrected chi connectivity index (χ0v) is 18.5. The topological polar surface area (TPSA) is 66.5 Å². The van der Waals surface area contributed by atoms with Crippen molar-refractivity contribution < 1.29 is 10.2 Å². The van der Waals surface area contributed by atoms with Crippen molar-refractivity contribution in [2.24, 2.45) is 34.8 Å². The van der Waals surface area contributed by atoms with Crippen molar-refractivity contribution in [3.63, 3.8) is 0 Å². The van der Waals surface area contributed by atoms with Crippen LogP contribution in [0.2, 0.25) is 0 Å². The fraction of sp³-hybridized carbons (Fsp3) is 0.750. The lowest BCUT2D eigenvalue weighted by atomic mass is 9.53. The minimum atomic E-state index is -0.248. The van der Waals surface area contributed by atoms with E-state index in [1.54, 1.807) is 0 Å². The van der Waals surface area contributed by atoms with Gasteiger partial charge in [-0.25, -0.2) is 0 Å². The average Bonchev–Trinajstić information content (AvgIpc) is 3.24. The van der Waals surface area contributed by atoms with Gasteiger partial charge in [-0.3, -0.25) is 0 Å². The van der Waals surface area contributed by atoms with Gasteiger partial charge in [0.1, 0.15) is 0 Å². The molecule has 1 aromatic rings. The first-order chi connectivity index (χ1) is 13.5. The van der Waals surface area contributed by atoms with Crippen LogP contribution in [0.1, 0.15) is 70.1 Å². The van der Waals surface area contributed by atoms with Crippen LogP contribution in [0.5, 0.6) is 0 Å². The summed E-state index contributed by atoms with van der Waals surface area (Å²) in [6.45, 7) is 5.54. The highest BCUT2D eigenvalue weighted by Crippen LogP contribution is 2.54. The summed E-state index contributed by atoms with van der Waals surface area (Å²) in [5, 5.41) is 22.4. The summed E-state index contributed by atoms with van der Waals surface area (Å²) in [5.41, 5.74) is 7.93. The Morgan fingerprint density at radius 3 is 2.82 bits per heavy atom. The molecule has 1 heterocycles. The number of rotatable bonds is 7. The quantitative estimate of drug-likeness (QED) is 0.592. The Morgan fingerprint density at radius 1 is 1.36 bits per heavy atom. The van der Waals surface area contributed by atoms with Gasteiger partial charge in [0.25, 0.3) is 0 Å². The van der Waals surface area contributed by atoms with Gasteiger partial charge in [0.05, 0.1) is 6.10 Å². The summed E-state index contributed by atoms with van der Waals surface area (Å²) in [6.07, 6.45) is 10.8. The van der Waals surface area contributed by atoms with E-state index in [1.807, 2.05) is 11.3 Å². The summed E-state index contributed by atoms with van der Waals surface area (Å²) >= 11 is 1.83. The van der Waals surface area contributed by atoms with Gasteiger partial charge in [-0.05, 0) is 97.6 Å². The first-order valence-electron chi connectivity index (χ1n) is 11.2. The van der Waals surface area contributed by atoms with Crippen LogP contribution in [0, 0.1) is 29.1 Å². The normalized spacial score (nSPS) is 37.2. The van der Waals surface area contributed by atoms with E-state index in [9.17, 15) is 10.2 Å². The zero-order valence-electron chi connectivity index (χ0n) is 17.6. The smallest absolute Gasteiger partial charge is 0.0544 e. The molecule has 2 aliphatic rings. The molecule has 0 amide bonds. The molecule has 158 valence electrons. The molecule has 0 saturated heterocycles. The second-order valence-electron chi connectivity index (χ2n) is 9.31. The van der Waals surface area contributed by atoms with E-state index in [4.69, 9.17) is 5.73 Å². The number of allylic oxidation sites excluding steroid dienone is 2. The van der Waals surface area contributed by atoms with Crippen molar-refractivity contribution in [2.45, 2.75) is 71.3 Å². The second-order valence-corrected chi connectivity index (χ2v) is 10.3. The largest absolute Gasteiger partial charge is 0.396 e. The van der Waals surface area contributed by atoms with Gasteiger partial charge in [0.2, 0.25) is 0 Å².